The van der Waals surface area contributed by atoms with E-state index in [9.17, 15) is 4.79 Å². The molecule has 0 atom stereocenters. The number of hydrogen-bond acceptors (Lipinski definition) is 3. The van der Waals surface area contributed by atoms with E-state index in [0.29, 0.717) is 13.0 Å². The van der Waals surface area contributed by atoms with Crippen LogP contribution in [0.5, 0.6) is 0 Å². The Labute approximate surface area is 106 Å². The molecule has 0 saturated heterocycles. The number of ketones is 1. The zero-order valence-corrected chi connectivity index (χ0v) is 10.3. The van der Waals surface area contributed by atoms with Crippen LogP contribution in [-0.4, -0.2) is 17.3 Å². The fourth-order valence-electron chi connectivity index (χ4n) is 2.41. The molecule has 0 saturated carbocycles. The molecule has 0 amide bonds. The molecule has 0 fully saturated rings. The van der Waals surface area contributed by atoms with E-state index in [4.69, 9.17) is 0 Å². The van der Waals surface area contributed by atoms with Crippen LogP contribution in [-0.2, 0) is 4.79 Å². The van der Waals surface area contributed by atoms with Gasteiger partial charge in [0.1, 0.15) is 0 Å². The molecule has 3 rings (SSSR count). The lowest BCUT2D eigenvalue weighted by molar-refractivity contribution is -0.117. The highest BCUT2D eigenvalue weighted by atomic mass is 16.1. The van der Waals surface area contributed by atoms with Crippen molar-refractivity contribution in [2.24, 2.45) is 0 Å². The van der Waals surface area contributed by atoms with Gasteiger partial charge in [-0.1, -0.05) is 6.07 Å². The van der Waals surface area contributed by atoms with Crippen molar-refractivity contribution in [3.63, 3.8) is 0 Å². The molecule has 2 heterocycles. The predicted octanol–water partition coefficient (Wildman–Crippen LogP) is 2.92. The molecule has 1 aliphatic heterocycles. The van der Waals surface area contributed by atoms with E-state index in [0.717, 1.165) is 22.2 Å². The second kappa shape index (κ2) is 4.26. The summed E-state index contributed by atoms with van der Waals surface area (Å²) in [6.45, 7) is 2.44. The monoisotopic (exact) mass is 238 g/mol. The maximum absolute atomic E-state index is 11.7. The van der Waals surface area contributed by atoms with E-state index < -0.39 is 0 Å². The summed E-state index contributed by atoms with van der Waals surface area (Å²) in [5.74, 6) is 0.260. The minimum Gasteiger partial charge on any atom is -0.340 e. The Bertz CT molecular complexity index is 640. The first-order chi connectivity index (χ1) is 8.74. The van der Waals surface area contributed by atoms with Gasteiger partial charge in [0.25, 0.3) is 0 Å². The van der Waals surface area contributed by atoms with Gasteiger partial charge in [-0.05, 0) is 36.8 Å². The zero-order valence-electron chi connectivity index (χ0n) is 10.3. The Balaban J connectivity index is 2.14. The topological polar surface area (TPSA) is 33.2 Å². The molecule has 1 aromatic carbocycles. The molecule has 2 aromatic rings. The van der Waals surface area contributed by atoms with Crippen molar-refractivity contribution in [1.82, 2.24) is 4.98 Å². The summed E-state index contributed by atoms with van der Waals surface area (Å²) in [6, 6.07) is 9.97. The van der Waals surface area contributed by atoms with Crippen LogP contribution in [0.25, 0.3) is 10.9 Å². The molecule has 90 valence electrons. The fourth-order valence-corrected chi connectivity index (χ4v) is 2.41. The van der Waals surface area contributed by atoms with Gasteiger partial charge in [-0.3, -0.25) is 9.78 Å². The molecular weight excluding hydrogens is 224 g/mol. The molecule has 0 bridgehead atoms. The molecule has 0 aliphatic carbocycles. The van der Waals surface area contributed by atoms with E-state index in [2.05, 4.69) is 11.2 Å². The molecular formula is C15H14N2O. The highest BCUT2D eigenvalue weighted by Gasteiger charge is 2.17. The summed E-state index contributed by atoms with van der Waals surface area (Å²) in [4.78, 5) is 18.1. The van der Waals surface area contributed by atoms with Gasteiger partial charge >= 0.3 is 0 Å². The van der Waals surface area contributed by atoms with Crippen molar-refractivity contribution in [2.45, 2.75) is 13.3 Å². The van der Waals surface area contributed by atoms with Crippen LogP contribution in [0.1, 0.15) is 13.3 Å². The van der Waals surface area contributed by atoms with Crippen molar-refractivity contribution in [3.05, 3.63) is 48.3 Å². The number of carbonyl (C=O) groups excluding carboxylic acids is 1. The zero-order chi connectivity index (χ0) is 12.5. The first-order valence-electron chi connectivity index (χ1n) is 6.03. The molecule has 3 nitrogen and oxygen atoms in total. The molecule has 1 aromatic heterocycles. The Morgan fingerprint density at radius 1 is 1.22 bits per heavy atom. The van der Waals surface area contributed by atoms with Gasteiger partial charge in [0.2, 0.25) is 0 Å². The number of rotatable bonds is 1. The maximum Gasteiger partial charge on any atom is 0.156 e. The first kappa shape index (κ1) is 11.0. The Morgan fingerprint density at radius 2 is 2.11 bits per heavy atom. The lowest BCUT2D eigenvalue weighted by atomic mass is 10.1. The number of Topliss-reactive ketones (excluding diaryl/α,β-unsaturated/α-hetero) is 1. The van der Waals surface area contributed by atoms with Crippen molar-refractivity contribution in [1.29, 1.82) is 0 Å². The minimum atomic E-state index is 0.260. The SMILES string of the molecule is CC1=CN(c2cccc3ncccc23)CC(=O)C1. The highest BCUT2D eigenvalue weighted by molar-refractivity contribution is 5.96. The smallest absolute Gasteiger partial charge is 0.156 e. The molecule has 0 N–H and O–H groups in total. The van der Waals surface area contributed by atoms with Crippen molar-refractivity contribution in [3.8, 4) is 0 Å². The van der Waals surface area contributed by atoms with Crippen molar-refractivity contribution >= 4 is 22.4 Å². The van der Waals surface area contributed by atoms with E-state index in [1.165, 1.54) is 0 Å². The van der Waals surface area contributed by atoms with E-state index in [-0.39, 0.29) is 5.78 Å². The summed E-state index contributed by atoms with van der Waals surface area (Å²) >= 11 is 0. The summed E-state index contributed by atoms with van der Waals surface area (Å²) in [6.07, 6.45) is 4.41. The first-order valence-corrected chi connectivity index (χ1v) is 6.03. The van der Waals surface area contributed by atoms with Crippen molar-refractivity contribution in [2.75, 3.05) is 11.4 Å². The van der Waals surface area contributed by atoms with Gasteiger partial charge in [-0.15, -0.1) is 0 Å². The Morgan fingerprint density at radius 3 is 2.94 bits per heavy atom. The standard InChI is InChI=1S/C15H14N2O/c1-11-8-12(18)10-17(9-11)15-6-2-5-14-13(15)4-3-7-16-14/h2-7,9H,8,10H2,1H3. The third-order valence-corrected chi connectivity index (χ3v) is 3.13. The number of nitrogens with zero attached hydrogens (tertiary/aromatic N) is 2. The van der Waals surface area contributed by atoms with Gasteiger partial charge in [-0.2, -0.15) is 0 Å². The number of allylic oxidation sites excluding steroid dienone is 1. The van der Waals surface area contributed by atoms with E-state index >= 15 is 0 Å². The third-order valence-electron chi connectivity index (χ3n) is 3.13. The number of benzene rings is 1. The Kier molecular flexibility index (Phi) is 2.59. The molecule has 18 heavy (non-hydrogen) atoms. The summed E-state index contributed by atoms with van der Waals surface area (Å²) in [5, 5.41) is 1.08. The average molecular weight is 238 g/mol. The van der Waals surface area contributed by atoms with Gasteiger partial charge in [0, 0.05) is 24.2 Å². The van der Waals surface area contributed by atoms with Gasteiger partial charge < -0.3 is 4.90 Å². The lowest BCUT2D eigenvalue weighted by Crippen LogP contribution is -2.29. The van der Waals surface area contributed by atoms with Crippen LogP contribution in [0.15, 0.2) is 48.3 Å². The molecule has 0 spiro atoms. The average Bonchev–Trinajstić information content (AvgIpc) is 2.37. The van der Waals surface area contributed by atoms with E-state index in [1.54, 1.807) is 6.20 Å². The van der Waals surface area contributed by atoms with Crippen LogP contribution in [0, 0.1) is 0 Å². The van der Waals surface area contributed by atoms with Crippen molar-refractivity contribution < 1.29 is 4.79 Å². The lowest BCUT2D eigenvalue weighted by Gasteiger charge is -2.26. The van der Waals surface area contributed by atoms with Crippen LogP contribution < -0.4 is 4.90 Å². The number of fused-ring (bicyclic) bond motifs is 1. The fraction of sp³-hybridized carbons (Fsp3) is 0.200. The van der Waals surface area contributed by atoms with Gasteiger partial charge in [-0.25, -0.2) is 0 Å². The van der Waals surface area contributed by atoms with Crippen LogP contribution in [0.4, 0.5) is 5.69 Å². The van der Waals surface area contributed by atoms with Crippen LogP contribution >= 0.6 is 0 Å². The van der Waals surface area contributed by atoms with Crippen LogP contribution in [0.3, 0.4) is 0 Å². The molecule has 0 radical (unpaired) electrons. The molecule has 3 heteroatoms. The second-order valence-corrected chi connectivity index (χ2v) is 4.67. The maximum atomic E-state index is 11.7. The number of aromatic nitrogens is 1. The highest BCUT2D eigenvalue weighted by Crippen LogP contribution is 2.28. The minimum absolute atomic E-state index is 0.260. The number of pyridine rings is 1. The quantitative estimate of drug-likeness (QED) is 0.766. The summed E-state index contributed by atoms with van der Waals surface area (Å²) in [5.41, 5.74) is 3.11. The van der Waals surface area contributed by atoms with Gasteiger partial charge in [0.05, 0.1) is 17.7 Å². The van der Waals surface area contributed by atoms with Gasteiger partial charge in [0.15, 0.2) is 5.78 Å². The molecule has 0 unspecified atom stereocenters. The largest absolute Gasteiger partial charge is 0.340 e. The summed E-state index contributed by atoms with van der Waals surface area (Å²) < 4.78 is 0. The third kappa shape index (κ3) is 1.88. The Hall–Kier alpha value is -2.16. The second-order valence-electron chi connectivity index (χ2n) is 4.67. The number of carbonyl (C=O) groups is 1. The van der Waals surface area contributed by atoms with E-state index in [1.807, 2.05) is 42.2 Å². The number of anilines is 1. The van der Waals surface area contributed by atoms with Crippen LogP contribution in [0.2, 0.25) is 0 Å². The summed E-state index contributed by atoms with van der Waals surface area (Å²) in [7, 11) is 0. The predicted molar refractivity (Wildman–Crippen MR) is 72.5 cm³/mol. The number of hydrogen-bond donors (Lipinski definition) is 0. The molecule has 1 aliphatic rings. The normalized spacial score (nSPS) is 15.9.